The first-order valence-electron chi connectivity index (χ1n) is 10.3. The van der Waals surface area contributed by atoms with Gasteiger partial charge in [-0.05, 0) is 48.1 Å². The second-order valence-corrected chi connectivity index (χ2v) is 8.38. The second kappa shape index (κ2) is 10.3. The number of nitriles is 1. The van der Waals surface area contributed by atoms with Gasteiger partial charge in [-0.1, -0.05) is 18.2 Å². The van der Waals surface area contributed by atoms with Crippen LogP contribution in [0.5, 0.6) is 5.75 Å². The van der Waals surface area contributed by atoms with Crippen molar-refractivity contribution in [3.63, 3.8) is 0 Å². The van der Waals surface area contributed by atoms with Gasteiger partial charge in [-0.15, -0.1) is 11.8 Å². The molecule has 0 atom stereocenters. The molecule has 0 aliphatic heterocycles. The molecular weight excluding hydrogens is 420 g/mol. The van der Waals surface area contributed by atoms with Crippen LogP contribution in [0.25, 0.3) is 16.0 Å². The zero-order valence-electron chi connectivity index (χ0n) is 17.7. The van der Waals surface area contributed by atoms with Crippen LogP contribution in [0.1, 0.15) is 35.6 Å². The number of nitrogens with zero attached hydrogens (tertiary/aromatic N) is 4. The van der Waals surface area contributed by atoms with Crippen molar-refractivity contribution in [3.8, 4) is 22.9 Å². The van der Waals surface area contributed by atoms with E-state index in [1.807, 2.05) is 42.6 Å². The Hall–Kier alpha value is -3.39. The van der Waals surface area contributed by atoms with Crippen molar-refractivity contribution in [2.75, 3.05) is 20.3 Å². The minimum Gasteiger partial charge on any atom is -0.491 e. The summed E-state index contributed by atoms with van der Waals surface area (Å²) in [7, 11) is 1.63. The summed E-state index contributed by atoms with van der Waals surface area (Å²) >= 11 is 1.51. The number of methoxy groups -OCH3 is 1. The highest BCUT2D eigenvalue weighted by Gasteiger charge is 2.32. The van der Waals surface area contributed by atoms with Crippen molar-refractivity contribution in [1.82, 2.24) is 9.97 Å². The van der Waals surface area contributed by atoms with Gasteiger partial charge in [0.05, 0.1) is 24.4 Å². The third kappa shape index (κ3) is 4.91. The Morgan fingerprint density at radius 2 is 2.03 bits per heavy atom. The SMILES string of the molecule is [C-]#[N+]c1c(C2CC2)nc(SCc2cccnc2)c(C#N)c1-c1ccc(OCCOC)cc1. The minimum absolute atomic E-state index is 0.292. The lowest BCUT2D eigenvalue weighted by Gasteiger charge is -2.15. The van der Waals surface area contributed by atoms with Crippen LogP contribution in [0.2, 0.25) is 0 Å². The topological polar surface area (TPSA) is 72.4 Å². The van der Waals surface area contributed by atoms with Crippen LogP contribution in [0.3, 0.4) is 0 Å². The number of thioether (sulfide) groups is 1. The molecule has 0 unspecified atom stereocenters. The molecule has 0 bridgehead atoms. The minimum atomic E-state index is 0.292. The summed E-state index contributed by atoms with van der Waals surface area (Å²) in [6.45, 7) is 8.82. The Kier molecular flexibility index (Phi) is 7.01. The smallest absolute Gasteiger partial charge is 0.217 e. The van der Waals surface area contributed by atoms with Gasteiger partial charge in [0, 0.05) is 30.8 Å². The Morgan fingerprint density at radius 3 is 2.66 bits per heavy atom. The van der Waals surface area contributed by atoms with Crippen molar-refractivity contribution in [2.24, 2.45) is 0 Å². The highest BCUT2D eigenvalue weighted by molar-refractivity contribution is 7.98. The highest BCUT2D eigenvalue weighted by atomic mass is 32.2. The molecule has 1 saturated carbocycles. The molecule has 1 aromatic carbocycles. The van der Waals surface area contributed by atoms with Gasteiger partial charge in [-0.3, -0.25) is 9.97 Å². The molecule has 0 radical (unpaired) electrons. The zero-order valence-corrected chi connectivity index (χ0v) is 18.6. The highest BCUT2D eigenvalue weighted by Crippen LogP contribution is 2.49. The summed E-state index contributed by atoms with van der Waals surface area (Å²) in [5.74, 6) is 1.67. The van der Waals surface area contributed by atoms with E-state index in [2.05, 4.69) is 15.9 Å². The summed E-state index contributed by atoms with van der Waals surface area (Å²) < 4.78 is 10.7. The van der Waals surface area contributed by atoms with Crippen molar-refractivity contribution < 1.29 is 9.47 Å². The van der Waals surface area contributed by atoms with Crippen LogP contribution in [0.4, 0.5) is 5.69 Å². The van der Waals surface area contributed by atoms with Gasteiger partial charge in [-0.25, -0.2) is 4.85 Å². The van der Waals surface area contributed by atoms with E-state index in [0.717, 1.165) is 35.4 Å². The molecule has 32 heavy (non-hydrogen) atoms. The average molecular weight is 443 g/mol. The Bertz CT molecular complexity index is 1160. The zero-order chi connectivity index (χ0) is 22.3. The van der Waals surface area contributed by atoms with Gasteiger partial charge < -0.3 is 9.47 Å². The number of ether oxygens (including phenoxy) is 2. The maximum Gasteiger partial charge on any atom is 0.217 e. The first-order valence-corrected chi connectivity index (χ1v) is 11.3. The molecule has 4 rings (SSSR count). The number of benzene rings is 1. The molecule has 3 aromatic rings. The van der Waals surface area contributed by atoms with E-state index in [4.69, 9.17) is 21.0 Å². The van der Waals surface area contributed by atoms with Crippen LogP contribution >= 0.6 is 11.8 Å². The quantitative estimate of drug-likeness (QED) is 0.238. The summed E-state index contributed by atoms with van der Waals surface area (Å²) in [6.07, 6.45) is 5.61. The summed E-state index contributed by atoms with van der Waals surface area (Å²) in [4.78, 5) is 12.8. The van der Waals surface area contributed by atoms with Gasteiger partial charge in [0.2, 0.25) is 5.69 Å². The maximum absolute atomic E-state index is 10.1. The standard InChI is InChI=1S/C25H22N4O2S/c1-27-24-22(18-7-9-20(10-8-18)31-13-12-30-2)21(14-26)25(29-23(24)19-5-6-19)32-16-17-4-3-11-28-15-17/h3-4,7-11,15,19H,5-6,12-13,16H2,2H3. The van der Waals surface area contributed by atoms with Gasteiger partial charge >= 0.3 is 0 Å². The number of pyridine rings is 2. The first kappa shape index (κ1) is 21.8. The molecule has 1 fully saturated rings. The van der Waals surface area contributed by atoms with Crippen molar-refractivity contribution >= 4 is 17.4 Å². The predicted octanol–water partition coefficient (Wildman–Crippen LogP) is 5.76. The van der Waals surface area contributed by atoms with Gasteiger partial charge in [-0.2, -0.15) is 5.26 Å². The van der Waals surface area contributed by atoms with E-state index >= 15 is 0 Å². The molecule has 1 aliphatic rings. The predicted molar refractivity (Wildman–Crippen MR) is 124 cm³/mol. The van der Waals surface area contributed by atoms with E-state index in [9.17, 15) is 5.26 Å². The van der Waals surface area contributed by atoms with Crippen molar-refractivity contribution in [1.29, 1.82) is 5.26 Å². The lowest BCUT2D eigenvalue weighted by Crippen LogP contribution is -2.04. The fourth-order valence-corrected chi connectivity index (χ4v) is 4.34. The fraction of sp³-hybridized carbons (Fsp3) is 0.280. The third-order valence-corrected chi connectivity index (χ3v) is 6.20. The van der Waals surface area contributed by atoms with Crippen LogP contribution in [0, 0.1) is 17.9 Å². The molecule has 0 amide bonds. The van der Waals surface area contributed by atoms with Crippen LogP contribution in [0.15, 0.2) is 53.8 Å². The normalized spacial score (nSPS) is 12.7. The lowest BCUT2D eigenvalue weighted by molar-refractivity contribution is 0.146. The van der Waals surface area contributed by atoms with Crippen LogP contribution in [-0.2, 0) is 10.5 Å². The average Bonchev–Trinajstić information content (AvgIpc) is 3.68. The number of hydrogen-bond donors (Lipinski definition) is 0. The molecule has 6 nitrogen and oxygen atoms in total. The first-order chi connectivity index (χ1) is 15.7. The summed E-state index contributed by atoms with van der Waals surface area (Å²) in [5, 5.41) is 10.7. The van der Waals surface area contributed by atoms with E-state index in [-0.39, 0.29) is 0 Å². The molecule has 0 N–H and O–H groups in total. The lowest BCUT2D eigenvalue weighted by atomic mass is 9.97. The second-order valence-electron chi connectivity index (χ2n) is 7.41. The Labute approximate surface area is 192 Å². The molecule has 2 heterocycles. The van der Waals surface area contributed by atoms with E-state index in [1.54, 1.807) is 13.3 Å². The molecule has 7 heteroatoms. The summed E-state index contributed by atoms with van der Waals surface area (Å²) in [6, 6.07) is 13.8. The molecule has 0 saturated heterocycles. The maximum atomic E-state index is 10.1. The number of aromatic nitrogens is 2. The van der Waals surface area contributed by atoms with Gasteiger partial charge in [0.25, 0.3) is 0 Å². The molecular formula is C25H22N4O2S. The largest absolute Gasteiger partial charge is 0.491 e. The van der Waals surface area contributed by atoms with E-state index in [1.165, 1.54) is 11.8 Å². The monoisotopic (exact) mass is 442 g/mol. The van der Waals surface area contributed by atoms with Gasteiger partial charge in [0.15, 0.2) is 0 Å². The van der Waals surface area contributed by atoms with E-state index < -0.39 is 0 Å². The van der Waals surface area contributed by atoms with Crippen LogP contribution < -0.4 is 4.74 Å². The molecule has 160 valence electrons. The fourth-order valence-electron chi connectivity index (χ4n) is 3.41. The van der Waals surface area contributed by atoms with Gasteiger partial charge in [0.1, 0.15) is 23.5 Å². The van der Waals surface area contributed by atoms with Crippen molar-refractivity contribution in [2.45, 2.75) is 29.5 Å². The molecule has 0 spiro atoms. The summed E-state index contributed by atoms with van der Waals surface area (Å²) in [5.41, 5.74) is 4.29. The Balaban J connectivity index is 1.73. The van der Waals surface area contributed by atoms with Crippen LogP contribution in [-0.4, -0.2) is 30.3 Å². The van der Waals surface area contributed by atoms with Crippen molar-refractivity contribution in [3.05, 3.63) is 77.0 Å². The number of hydrogen-bond acceptors (Lipinski definition) is 6. The third-order valence-electron chi connectivity index (χ3n) is 5.15. The molecule has 1 aliphatic carbocycles. The van der Waals surface area contributed by atoms with E-state index in [0.29, 0.717) is 46.7 Å². The Morgan fingerprint density at radius 1 is 1.22 bits per heavy atom. The molecule has 2 aromatic heterocycles. The number of rotatable bonds is 9.